The van der Waals surface area contributed by atoms with E-state index in [1.165, 1.54) is 70.6 Å². The first-order valence-electron chi connectivity index (χ1n) is 11.1. The van der Waals surface area contributed by atoms with Crippen molar-refractivity contribution in [3.63, 3.8) is 0 Å². The van der Waals surface area contributed by atoms with Crippen molar-refractivity contribution in [3.8, 4) is 0 Å². The Hall–Kier alpha value is -1.95. The highest BCUT2D eigenvalue weighted by molar-refractivity contribution is 5.32. The van der Waals surface area contributed by atoms with Crippen LogP contribution in [-0.4, -0.2) is 46.7 Å². The van der Waals surface area contributed by atoms with Crippen LogP contribution in [0.15, 0.2) is 34.7 Å². The molecule has 0 radical (unpaired) electrons. The second-order valence-corrected chi connectivity index (χ2v) is 7.76. The molecule has 0 saturated heterocycles. The maximum absolute atomic E-state index is 10.4. The van der Waals surface area contributed by atoms with Crippen LogP contribution in [0.25, 0.3) is 0 Å². The summed E-state index contributed by atoms with van der Waals surface area (Å²) in [6.45, 7) is 3.94. The molecule has 0 saturated carbocycles. The summed E-state index contributed by atoms with van der Waals surface area (Å²) in [6.07, 6.45) is 18.1. The summed E-state index contributed by atoms with van der Waals surface area (Å²) in [4.78, 5) is 12.8. The molecule has 6 nitrogen and oxygen atoms in total. The highest BCUT2D eigenvalue weighted by Crippen LogP contribution is 2.28. The van der Waals surface area contributed by atoms with Crippen LogP contribution in [0, 0.1) is 0 Å². The average Bonchev–Trinajstić information content (AvgIpc) is 3.36. The highest BCUT2D eigenvalue weighted by atomic mass is 16.4. The third kappa shape index (κ3) is 10.4. The van der Waals surface area contributed by atoms with Gasteiger partial charge in [0.25, 0.3) is 6.47 Å². The predicted octanol–water partition coefficient (Wildman–Crippen LogP) is 5.37. The molecule has 2 rings (SSSR count). The molecule has 1 aliphatic rings. The van der Waals surface area contributed by atoms with Gasteiger partial charge in [0.05, 0.1) is 18.6 Å². The number of unbranched alkanes of at least 4 members (excludes halogenated alkanes) is 10. The van der Waals surface area contributed by atoms with Crippen LogP contribution in [0.4, 0.5) is 0 Å². The Balaban J connectivity index is 0.00000132. The number of carbonyl (C=O) groups is 1. The zero-order valence-corrected chi connectivity index (χ0v) is 18.3. The van der Waals surface area contributed by atoms with E-state index in [0.29, 0.717) is 5.76 Å². The van der Waals surface area contributed by atoms with E-state index in [2.05, 4.69) is 22.9 Å². The van der Waals surface area contributed by atoms with Crippen molar-refractivity contribution in [2.75, 3.05) is 20.3 Å². The molecule has 0 amide bonds. The second-order valence-electron chi connectivity index (χ2n) is 7.76. The summed E-state index contributed by atoms with van der Waals surface area (Å²) in [7, 11) is 2.03. The third-order valence-electron chi connectivity index (χ3n) is 5.29. The Morgan fingerprint density at radius 1 is 1.07 bits per heavy atom. The fourth-order valence-corrected chi connectivity index (χ4v) is 3.67. The largest absolute Gasteiger partial charge is 0.483 e. The van der Waals surface area contributed by atoms with E-state index >= 15 is 0 Å². The van der Waals surface area contributed by atoms with Crippen LogP contribution in [0.3, 0.4) is 0 Å². The van der Waals surface area contributed by atoms with Gasteiger partial charge in [0.15, 0.2) is 6.10 Å². The number of aliphatic hydroxyl groups is 1. The predicted molar refractivity (Wildman–Crippen MR) is 116 cm³/mol. The molecule has 1 aliphatic heterocycles. The first-order chi connectivity index (χ1) is 14.1. The number of carboxylic acid groups (broad SMARTS) is 1. The molecule has 6 heteroatoms. The van der Waals surface area contributed by atoms with Crippen molar-refractivity contribution in [1.29, 1.82) is 0 Å². The maximum Gasteiger partial charge on any atom is 0.290 e. The number of aliphatic hydroxyl groups excluding tert-OH is 1. The van der Waals surface area contributed by atoms with Crippen LogP contribution in [0.1, 0.15) is 89.4 Å². The lowest BCUT2D eigenvalue weighted by atomic mass is 10.1. The number of hydrogen-bond acceptors (Lipinski definition) is 5. The zero-order valence-electron chi connectivity index (χ0n) is 18.3. The first-order valence-corrected chi connectivity index (χ1v) is 11.1. The average molecular weight is 409 g/mol. The van der Waals surface area contributed by atoms with Gasteiger partial charge in [0.2, 0.25) is 0 Å². The third-order valence-corrected chi connectivity index (χ3v) is 5.29. The summed E-state index contributed by atoms with van der Waals surface area (Å²) in [5, 5.41) is 17.3. The molecule has 166 valence electrons. The number of nitrogens with zero attached hydrogens (tertiary/aromatic N) is 2. The lowest BCUT2D eigenvalue weighted by Crippen LogP contribution is -2.25. The fourth-order valence-electron chi connectivity index (χ4n) is 3.67. The maximum atomic E-state index is 10.4. The molecule has 29 heavy (non-hydrogen) atoms. The molecule has 1 aromatic heterocycles. The Morgan fingerprint density at radius 3 is 2.14 bits per heavy atom. The lowest BCUT2D eigenvalue weighted by molar-refractivity contribution is -0.122. The molecule has 0 fully saturated rings. The van der Waals surface area contributed by atoms with Crippen LogP contribution < -0.4 is 0 Å². The molecule has 1 aromatic rings. The molecule has 0 aliphatic carbocycles. The van der Waals surface area contributed by atoms with Crippen molar-refractivity contribution >= 4 is 6.47 Å². The monoisotopic (exact) mass is 408 g/mol. The molecule has 2 N–H and O–H groups in total. The normalized spacial score (nSPS) is 14.4. The second kappa shape index (κ2) is 15.9. The van der Waals surface area contributed by atoms with Crippen molar-refractivity contribution in [2.45, 2.75) is 83.7 Å². The fraction of sp³-hybridized carbons (Fsp3) is 0.696. The molecule has 1 atom stereocenters. The summed E-state index contributed by atoms with van der Waals surface area (Å²) >= 11 is 0. The minimum absolute atomic E-state index is 0.250. The molecule has 0 bridgehead atoms. The molecule has 0 aromatic carbocycles. The topological polar surface area (TPSA) is 77.2 Å². The number of furan rings is 1. The zero-order chi connectivity index (χ0) is 21.3. The summed E-state index contributed by atoms with van der Waals surface area (Å²) in [6, 6.07) is 3.64. The molecular formula is C23H40N2O4. The van der Waals surface area contributed by atoms with E-state index in [-0.39, 0.29) is 6.47 Å². The number of likely N-dealkylation sites (N-methyl/N-ethyl adjacent to an activating group) is 1. The van der Waals surface area contributed by atoms with Gasteiger partial charge in [-0.1, -0.05) is 71.1 Å². The van der Waals surface area contributed by atoms with Crippen LogP contribution in [0.5, 0.6) is 0 Å². The number of rotatable bonds is 14. The SMILES string of the molecule is CCCCCCCCCCCCCN1C=C(C(O)c2ccco2)N(C)C1.O=CO. The highest BCUT2D eigenvalue weighted by Gasteiger charge is 2.25. The Bertz CT molecular complexity index is 545. The van der Waals surface area contributed by atoms with Gasteiger partial charge in [-0.2, -0.15) is 0 Å². The van der Waals surface area contributed by atoms with E-state index in [9.17, 15) is 5.11 Å². The number of hydrogen-bond donors (Lipinski definition) is 2. The van der Waals surface area contributed by atoms with Crippen molar-refractivity contribution in [2.24, 2.45) is 0 Å². The minimum atomic E-state index is -0.669. The standard InChI is InChI=1S/C22H38N2O2.CH2O2/c1-3-4-5-6-7-8-9-10-11-12-13-16-24-18-20(23(2)19-24)22(25)21-15-14-17-26-21;2-1-3/h14-15,17-18,22,25H,3-13,16,19H2,1-2H3;1H,(H,2,3). The Morgan fingerprint density at radius 2 is 1.62 bits per heavy atom. The van der Waals surface area contributed by atoms with E-state index < -0.39 is 6.10 Å². The van der Waals surface area contributed by atoms with E-state index in [0.717, 1.165) is 18.9 Å². The van der Waals surface area contributed by atoms with E-state index in [1.807, 2.05) is 19.2 Å². The van der Waals surface area contributed by atoms with Crippen LogP contribution >= 0.6 is 0 Å². The van der Waals surface area contributed by atoms with E-state index in [1.54, 1.807) is 6.26 Å². The molecule has 1 unspecified atom stereocenters. The van der Waals surface area contributed by atoms with Gasteiger partial charge >= 0.3 is 0 Å². The van der Waals surface area contributed by atoms with Gasteiger partial charge in [0.1, 0.15) is 5.76 Å². The molecule has 2 heterocycles. The van der Waals surface area contributed by atoms with Crippen molar-refractivity contribution in [1.82, 2.24) is 9.80 Å². The molecular weight excluding hydrogens is 368 g/mol. The Kier molecular flexibility index (Phi) is 13.8. The smallest absolute Gasteiger partial charge is 0.290 e. The van der Waals surface area contributed by atoms with Gasteiger partial charge in [-0.15, -0.1) is 0 Å². The summed E-state index contributed by atoms with van der Waals surface area (Å²) in [5.74, 6) is 0.611. The van der Waals surface area contributed by atoms with Crippen molar-refractivity contribution < 1.29 is 19.4 Å². The van der Waals surface area contributed by atoms with E-state index in [4.69, 9.17) is 14.3 Å². The van der Waals surface area contributed by atoms with Crippen LogP contribution in [0.2, 0.25) is 0 Å². The summed E-state index contributed by atoms with van der Waals surface area (Å²) in [5.41, 5.74) is 0.919. The van der Waals surface area contributed by atoms with Gasteiger partial charge < -0.3 is 24.4 Å². The quantitative estimate of drug-likeness (QED) is 0.318. The van der Waals surface area contributed by atoms with Gasteiger partial charge in [-0.3, -0.25) is 4.79 Å². The minimum Gasteiger partial charge on any atom is -0.483 e. The summed E-state index contributed by atoms with van der Waals surface area (Å²) < 4.78 is 5.33. The first kappa shape index (κ1) is 25.1. The lowest BCUT2D eigenvalue weighted by Gasteiger charge is -2.20. The Labute approximate surface area is 176 Å². The van der Waals surface area contributed by atoms with Gasteiger partial charge in [-0.05, 0) is 18.6 Å². The van der Waals surface area contributed by atoms with Crippen molar-refractivity contribution in [3.05, 3.63) is 36.1 Å². The van der Waals surface area contributed by atoms with Gasteiger partial charge in [0, 0.05) is 19.8 Å². The van der Waals surface area contributed by atoms with Crippen LogP contribution in [-0.2, 0) is 4.79 Å². The van der Waals surface area contributed by atoms with Gasteiger partial charge in [-0.25, -0.2) is 0 Å². The molecule has 0 spiro atoms.